The van der Waals surface area contributed by atoms with Gasteiger partial charge in [0, 0.05) is 17.3 Å². The third kappa shape index (κ3) is 3.19. The smallest absolute Gasteiger partial charge is 0.157 e. The van der Waals surface area contributed by atoms with Gasteiger partial charge >= 0.3 is 0 Å². The maximum atomic E-state index is 4.67. The second kappa shape index (κ2) is 5.06. The lowest BCUT2D eigenvalue weighted by atomic mass is 9.96. The minimum atomic E-state index is 0.275. The minimum absolute atomic E-state index is 0.275. The van der Waals surface area contributed by atoms with Crippen LogP contribution in [0, 0.1) is 0 Å². The quantitative estimate of drug-likeness (QED) is 0.781. The van der Waals surface area contributed by atoms with Gasteiger partial charge in [0.1, 0.15) is 0 Å². The summed E-state index contributed by atoms with van der Waals surface area (Å²) in [6.45, 7) is 8.89. The van der Waals surface area contributed by atoms with Crippen molar-refractivity contribution in [3.8, 4) is 0 Å². The van der Waals surface area contributed by atoms with E-state index in [-0.39, 0.29) is 5.54 Å². The fourth-order valence-corrected chi connectivity index (χ4v) is 2.67. The van der Waals surface area contributed by atoms with Crippen molar-refractivity contribution >= 4 is 16.9 Å². The summed E-state index contributed by atoms with van der Waals surface area (Å²) in [7, 11) is 0. The normalized spacial score (nSPS) is 32.7. The van der Waals surface area contributed by atoms with Crippen molar-refractivity contribution in [3.63, 3.8) is 0 Å². The molecule has 2 nitrogen and oxygen atoms in total. The molecular formula is C11H22N2S. The van der Waals surface area contributed by atoms with Crippen LogP contribution in [0.5, 0.6) is 0 Å². The van der Waals surface area contributed by atoms with Gasteiger partial charge in [-0.3, -0.25) is 4.99 Å². The lowest BCUT2D eigenvalue weighted by Gasteiger charge is -2.35. The molecule has 0 aromatic carbocycles. The Labute approximate surface area is 92.0 Å². The molecule has 0 aromatic rings. The van der Waals surface area contributed by atoms with Gasteiger partial charge in [0.05, 0.1) is 0 Å². The van der Waals surface area contributed by atoms with Crippen LogP contribution in [0.4, 0.5) is 0 Å². The van der Waals surface area contributed by atoms with Crippen molar-refractivity contribution in [1.29, 1.82) is 0 Å². The molecule has 1 rings (SSSR count). The molecule has 82 valence electrons. The number of hydrogen-bond acceptors (Lipinski definition) is 2. The SMILES string of the molecule is CCC(C)N=C1NC(C)(CC)CCS1. The molecule has 0 aliphatic carbocycles. The zero-order valence-electron chi connectivity index (χ0n) is 9.76. The van der Waals surface area contributed by atoms with Gasteiger partial charge in [-0.05, 0) is 33.1 Å². The number of hydrogen-bond donors (Lipinski definition) is 1. The average Bonchev–Trinajstić information content (AvgIpc) is 2.18. The summed E-state index contributed by atoms with van der Waals surface area (Å²) in [6, 6.07) is 0.448. The van der Waals surface area contributed by atoms with Crippen molar-refractivity contribution < 1.29 is 0 Å². The van der Waals surface area contributed by atoms with E-state index in [0.29, 0.717) is 6.04 Å². The van der Waals surface area contributed by atoms with Crippen molar-refractivity contribution in [2.75, 3.05) is 5.75 Å². The molecule has 3 heteroatoms. The third-order valence-corrected chi connectivity index (χ3v) is 3.90. The molecule has 0 bridgehead atoms. The maximum Gasteiger partial charge on any atom is 0.157 e. The number of amidine groups is 1. The van der Waals surface area contributed by atoms with Gasteiger partial charge in [0.25, 0.3) is 0 Å². The first-order valence-corrected chi connectivity index (χ1v) is 6.57. The van der Waals surface area contributed by atoms with Crippen LogP contribution in [0.2, 0.25) is 0 Å². The highest BCUT2D eigenvalue weighted by atomic mass is 32.2. The molecule has 1 fully saturated rings. The zero-order chi connectivity index (χ0) is 10.6. The van der Waals surface area contributed by atoms with E-state index in [1.807, 2.05) is 11.8 Å². The van der Waals surface area contributed by atoms with Gasteiger partial charge in [-0.2, -0.15) is 0 Å². The molecule has 2 atom stereocenters. The lowest BCUT2D eigenvalue weighted by molar-refractivity contribution is 0.389. The highest BCUT2D eigenvalue weighted by Gasteiger charge is 2.27. The number of nitrogens with zero attached hydrogens (tertiary/aromatic N) is 1. The fraction of sp³-hybridized carbons (Fsp3) is 0.909. The summed E-state index contributed by atoms with van der Waals surface area (Å²) < 4.78 is 0. The van der Waals surface area contributed by atoms with Gasteiger partial charge in [0.15, 0.2) is 5.17 Å². The van der Waals surface area contributed by atoms with Crippen LogP contribution in [-0.4, -0.2) is 22.5 Å². The van der Waals surface area contributed by atoms with Crippen molar-refractivity contribution in [2.24, 2.45) is 4.99 Å². The van der Waals surface area contributed by atoms with Crippen molar-refractivity contribution in [1.82, 2.24) is 5.32 Å². The first kappa shape index (κ1) is 11.9. The van der Waals surface area contributed by atoms with Crippen LogP contribution >= 0.6 is 11.8 Å². The Morgan fingerprint density at radius 3 is 2.86 bits per heavy atom. The molecule has 0 spiro atoms. The molecule has 1 heterocycles. The van der Waals surface area contributed by atoms with Crippen LogP contribution < -0.4 is 5.32 Å². The summed E-state index contributed by atoms with van der Waals surface area (Å²) in [5.74, 6) is 1.20. The number of aliphatic imine (C=N–C) groups is 1. The molecule has 1 N–H and O–H groups in total. The third-order valence-electron chi connectivity index (χ3n) is 3.01. The second-order valence-electron chi connectivity index (χ2n) is 4.33. The first-order valence-electron chi connectivity index (χ1n) is 5.58. The summed E-state index contributed by atoms with van der Waals surface area (Å²) in [4.78, 5) is 4.67. The van der Waals surface area contributed by atoms with E-state index < -0.39 is 0 Å². The highest BCUT2D eigenvalue weighted by Crippen LogP contribution is 2.25. The Morgan fingerprint density at radius 2 is 2.29 bits per heavy atom. The Kier molecular flexibility index (Phi) is 4.30. The van der Waals surface area contributed by atoms with Gasteiger partial charge < -0.3 is 5.32 Å². The molecule has 14 heavy (non-hydrogen) atoms. The van der Waals surface area contributed by atoms with Crippen LogP contribution in [0.3, 0.4) is 0 Å². The van der Waals surface area contributed by atoms with Gasteiger partial charge in [0.2, 0.25) is 0 Å². The maximum absolute atomic E-state index is 4.67. The Balaban J connectivity index is 2.60. The van der Waals surface area contributed by atoms with E-state index in [0.717, 1.165) is 11.6 Å². The Bertz CT molecular complexity index is 215. The Hall–Kier alpha value is -0.180. The predicted molar refractivity (Wildman–Crippen MR) is 66.1 cm³/mol. The van der Waals surface area contributed by atoms with Gasteiger partial charge in [-0.15, -0.1) is 0 Å². The number of nitrogens with one attached hydrogen (secondary N) is 1. The largest absolute Gasteiger partial charge is 0.360 e. The fourth-order valence-electron chi connectivity index (χ4n) is 1.36. The summed E-state index contributed by atoms with van der Waals surface area (Å²) in [6.07, 6.45) is 3.54. The minimum Gasteiger partial charge on any atom is -0.360 e. The van der Waals surface area contributed by atoms with E-state index >= 15 is 0 Å². The van der Waals surface area contributed by atoms with Gasteiger partial charge in [-0.1, -0.05) is 25.6 Å². The molecule has 1 aliphatic heterocycles. The number of thioether (sulfide) groups is 1. The van der Waals surface area contributed by atoms with E-state index in [2.05, 4.69) is 38.0 Å². The predicted octanol–water partition coefficient (Wildman–Crippen LogP) is 3.04. The lowest BCUT2D eigenvalue weighted by Crippen LogP contribution is -2.48. The monoisotopic (exact) mass is 214 g/mol. The van der Waals surface area contributed by atoms with Crippen LogP contribution in [0.1, 0.15) is 47.0 Å². The molecule has 0 radical (unpaired) electrons. The summed E-state index contributed by atoms with van der Waals surface area (Å²) in [5, 5.41) is 4.71. The Morgan fingerprint density at radius 1 is 1.57 bits per heavy atom. The molecule has 0 aromatic heterocycles. The number of rotatable bonds is 3. The second-order valence-corrected chi connectivity index (χ2v) is 5.41. The zero-order valence-corrected chi connectivity index (χ0v) is 10.6. The molecule has 1 saturated heterocycles. The van der Waals surface area contributed by atoms with Crippen LogP contribution in [0.25, 0.3) is 0 Å². The van der Waals surface area contributed by atoms with E-state index in [1.54, 1.807) is 0 Å². The van der Waals surface area contributed by atoms with E-state index in [1.165, 1.54) is 18.6 Å². The summed E-state index contributed by atoms with van der Waals surface area (Å²) in [5.41, 5.74) is 0.275. The highest BCUT2D eigenvalue weighted by molar-refractivity contribution is 8.13. The first-order chi connectivity index (χ1) is 6.59. The molecule has 1 aliphatic rings. The molecule has 0 amide bonds. The standard InChI is InChI=1S/C11H22N2S/c1-5-9(3)12-10-13-11(4,6-2)7-8-14-10/h9H,5-8H2,1-4H3,(H,12,13). The molecular weight excluding hydrogens is 192 g/mol. The van der Waals surface area contributed by atoms with Crippen LogP contribution in [-0.2, 0) is 0 Å². The van der Waals surface area contributed by atoms with Gasteiger partial charge in [-0.25, -0.2) is 0 Å². The average molecular weight is 214 g/mol. The van der Waals surface area contributed by atoms with Crippen molar-refractivity contribution in [2.45, 2.75) is 58.5 Å². The van der Waals surface area contributed by atoms with E-state index in [9.17, 15) is 0 Å². The molecule has 2 unspecified atom stereocenters. The van der Waals surface area contributed by atoms with Crippen molar-refractivity contribution in [3.05, 3.63) is 0 Å². The molecule has 0 saturated carbocycles. The van der Waals surface area contributed by atoms with Crippen LogP contribution in [0.15, 0.2) is 4.99 Å². The van der Waals surface area contributed by atoms with E-state index in [4.69, 9.17) is 0 Å². The summed E-state index contributed by atoms with van der Waals surface area (Å²) >= 11 is 1.86. The topological polar surface area (TPSA) is 24.4 Å².